The van der Waals surface area contributed by atoms with Gasteiger partial charge in [0.15, 0.2) is 11.5 Å². The van der Waals surface area contributed by atoms with Crippen LogP contribution in [0, 0.1) is 0 Å². The van der Waals surface area contributed by atoms with Crippen LogP contribution in [-0.4, -0.2) is 53.9 Å². The number of ether oxygens (including phenoxy) is 2. The summed E-state index contributed by atoms with van der Waals surface area (Å²) in [7, 11) is 0. The number of nitrogens with zero attached hydrogens (tertiary/aromatic N) is 1. The zero-order valence-corrected chi connectivity index (χ0v) is 12.6. The van der Waals surface area contributed by atoms with Crippen LogP contribution < -0.4 is 14.8 Å². The van der Waals surface area contributed by atoms with E-state index in [1.54, 1.807) is 0 Å². The monoisotopic (exact) mass is 296 g/mol. The van der Waals surface area contributed by atoms with Crippen molar-refractivity contribution in [2.24, 2.45) is 0 Å². The molecule has 0 aromatic heterocycles. The fourth-order valence-corrected chi connectivity index (χ4v) is 2.46. The van der Waals surface area contributed by atoms with Gasteiger partial charge in [-0.25, -0.2) is 0 Å². The van der Waals surface area contributed by atoms with Crippen LogP contribution in [0.2, 0.25) is 0 Å². The summed E-state index contributed by atoms with van der Waals surface area (Å²) in [5, 5.41) is 22.0. The highest BCUT2D eigenvalue weighted by Gasteiger charge is 2.20. The number of benzene rings is 1. The van der Waals surface area contributed by atoms with Gasteiger partial charge in [0.1, 0.15) is 0 Å². The van der Waals surface area contributed by atoms with Gasteiger partial charge < -0.3 is 19.7 Å². The Kier molecular flexibility index (Phi) is 5.81. The molecule has 1 unspecified atom stereocenters. The number of fused-ring (bicyclic) bond motifs is 1. The Bertz CT molecular complexity index is 453. The molecule has 0 radical (unpaired) electrons. The van der Waals surface area contributed by atoms with Gasteiger partial charge in [0, 0.05) is 19.1 Å². The fourth-order valence-electron chi connectivity index (χ4n) is 2.46. The van der Waals surface area contributed by atoms with Crippen LogP contribution in [0.5, 0.6) is 11.5 Å². The van der Waals surface area contributed by atoms with Gasteiger partial charge in [0.05, 0.1) is 19.4 Å². The highest BCUT2D eigenvalue weighted by Crippen LogP contribution is 2.32. The Balaban J connectivity index is 1.96. The first-order valence-electron chi connectivity index (χ1n) is 7.25. The van der Waals surface area contributed by atoms with Gasteiger partial charge in [-0.2, -0.15) is 0 Å². The van der Waals surface area contributed by atoms with Crippen LogP contribution >= 0.6 is 0 Å². The van der Waals surface area contributed by atoms with Gasteiger partial charge in [-0.15, -0.1) is 0 Å². The molecule has 1 heterocycles. The van der Waals surface area contributed by atoms with Crippen molar-refractivity contribution in [1.82, 2.24) is 10.2 Å². The highest BCUT2D eigenvalue weighted by molar-refractivity contribution is 5.44. The van der Waals surface area contributed by atoms with Crippen molar-refractivity contribution < 1.29 is 19.7 Å². The third kappa shape index (κ3) is 4.07. The van der Waals surface area contributed by atoms with Crippen molar-refractivity contribution in [3.05, 3.63) is 23.8 Å². The lowest BCUT2D eigenvalue weighted by Crippen LogP contribution is -2.51. The number of nitrogens with one attached hydrogen (secondary N) is 1. The standard InChI is InChI=1S/C15H24N2O4/c1-11(2)17(5-6-18)15(9-19)16-8-12-3-4-13-14(7-12)21-10-20-13/h3-4,7,11,15-16,18-19H,5-6,8-10H2,1-2H3. The molecule has 0 amide bonds. The van der Waals surface area contributed by atoms with E-state index in [2.05, 4.69) is 5.32 Å². The molecule has 0 saturated heterocycles. The van der Waals surface area contributed by atoms with E-state index in [4.69, 9.17) is 14.6 Å². The lowest BCUT2D eigenvalue weighted by Gasteiger charge is -2.34. The lowest BCUT2D eigenvalue weighted by molar-refractivity contribution is 0.0565. The van der Waals surface area contributed by atoms with E-state index >= 15 is 0 Å². The van der Waals surface area contributed by atoms with E-state index in [0.717, 1.165) is 17.1 Å². The predicted octanol–water partition coefficient (Wildman–Crippen LogP) is 0.526. The largest absolute Gasteiger partial charge is 0.454 e. The molecule has 6 nitrogen and oxygen atoms in total. The molecular formula is C15H24N2O4. The van der Waals surface area contributed by atoms with E-state index in [9.17, 15) is 5.11 Å². The van der Waals surface area contributed by atoms with Gasteiger partial charge in [0.2, 0.25) is 6.79 Å². The Hall–Kier alpha value is -1.34. The minimum absolute atomic E-state index is 0.0112. The molecular weight excluding hydrogens is 272 g/mol. The first-order chi connectivity index (χ1) is 10.2. The molecule has 1 aliphatic rings. The first kappa shape index (κ1) is 16.0. The highest BCUT2D eigenvalue weighted by atomic mass is 16.7. The zero-order chi connectivity index (χ0) is 15.2. The Morgan fingerprint density at radius 1 is 1.24 bits per heavy atom. The molecule has 0 fully saturated rings. The summed E-state index contributed by atoms with van der Waals surface area (Å²) in [6, 6.07) is 6.04. The second-order valence-electron chi connectivity index (χ2n) is 5.32. The molecule has 1 aromatic carbocycles. The summed E-state index contributed by atoms with van der Waals surface area (Å²) in [6.45, 7) is 5.54. The quantitative estimate of drug-likeness (QED) is 0.608. The van der Waals surface area contributed by atoms with Crippen molar-refractivity contribution in [2.75, 3.05) is 26.6 Å². The minimum atomic E-state index is -0.192. The van der Waals surface area contributed by atoms with E-state index in [1.807, 2.05) is 36.9 Å². The summed E-state index contributed by atoms with van der Waals surface area (Å²) in [6.07, 6.45) is -0.192. The molecule has 2 rings (SSSR count). The van der Waals surface area contributed by atoms with Crippen LogP contribution in [-0.2, 0) is 6.54 Å². The number of hydrogen-bond donors (Lipinski definition) is 3. The Morgan fingerprint density at radius 3 is 2.67 bits per heavy atom. The molecule has 6 heteroatoms. The van der Waals surface area contributed by atoms with Crippen molar-refractivity contribution in [3.63, 3.8) is 0 Å². The summed E-state index contributed by atoms with van der Waals surface area (Å²) < 4.78 is 10.6. The van der Waals surface area contributed by atoms with Crippen LogP contribution in [0.25, 0.3) is 0 Å². The Labute approximate surface area is 125 Å². The second-order valence-corrected chi connectivity index (χ2v) is 5.32. The second kappa shape index (κ2) is 7.61. The van der Waals surface area contributed by atoms with Gasteiger partial charge in [-0.05, 0) is 31.5 Å². The molecule has 0 aliphatic carbocycles. The zero-order valence-electron chi connectivity index (χ0n) is 12.6. The van der Waals surface area contributed by atoms with Gasteiger partial charge in [-0.3, -0.25) is 10.2 Å². The van der Waals surface area contributed by atoms with Crippen molar-refractivity contribution >= 4 is 0 Å². The number of aliphatic hydroxyl groups is 2. The molecule has 118 valence electrons. The van der Waals surface area contributed by atoms with E-state index < -0.39 is 0 Å². The van der Waals surface area contributed by atoms with Crippen molar-refractivity contribution in [2.45, 2.75) is 32.6 Å². The van der Waals surface area contributed by atoms with Gasteiger partial charge >= 0.3 is 0 Å². The molecule has 3 N–H and O–H groups in total. The van der Waals surface area contributed by atoms with Crippen molar-refractivity contribution in [1.29, 1.82) is 0 Å². The number of hydrogen-bond acceptors (Lipinski definition) is 6. The summed E-state index contributed by atoms with van der Waals surface area (Å²) in [5.74, 6) is 1.52. The third-order valence-corrected chi connectivity index (χ3v) is 3.57. The average Bonchev–Trinajstić information content (AvgIpc) is 2.94. The normalized spacial score (nSPS) is 15.0. The molecule has 1 aliphatic heterocycles. The number of aliphatic hydroxyl groups excluding tert-OH is 2. The maximum absolute atomic E-state index is 9.57. The third-order valence-electron chi connectivity index (χ3n) is 3.57. The Morgan fingerprint density at radius 2 is 2.00 bits per heavy atom. The maximum Gasteiger partial charge on any atom is 0.231 e. The van der Waals surface area contributed by atoms with Crippen molar-refractivity contribution in [3.8, 4) is 11.5 Å². The number of rotatable bonds is 8. The molecule has 0 spiro atoms. The fraction of sp³-hybridized carbons (Fsp3) is 0.600. The van der Waals surface area contributed by atoms with Gasteiger partial charge in [-0.1, -0.05) is 6.07 Å². The topological polar surface area (TPSA) is 74.2 Å². The van der Waals surface area contributed by atoms with E-state index in [-0.39, 0.29) is 32.2 Å². The molecule has 0 saturated carbocycles. The minimum Gasteiger partial charge on any atom is -0.454 e. The lowest BCUT2D eigenvalue weighted by atomic mass is 10.2. The van der Waals surface area contributed by atoms with Crippen LogP contribution in [0.1, 0.15) is 19.4 Å². The first-order valence-corrected chi connectivity index (χ1v) is 7.25. The SMILES string of the molecule is CC(C)N(CCO)C(CO)NCc1ccc2c(c1)OCO2. The molecule has 21 heavy (non-hydrogen) atoms. The van der Waals surface area contributed by atoms with Gasteiger partial charge in [0.25, 0.3) is 0 Å². The van der Waals surface area contributed by atoms with E-state index in [1.165, 1.54) is 0 Å². The molecule has 0 bridgehead atoms. The summed E-state index contributed by atoms with van der Waals surface area (Å²) in [5.41, 5.74) is 1.06. The predicted molar refractivity (Wildman–Crippen MR) is 79.2 cm³/mol. The van der Waals surface area contributed by atoms with E-state index in [0.29, 0.717) is 13.1 Å². The van der Waals surface area contributed by atoms with Crippen LogP contribution in [0.15, 0.2) is 18.2 Å². The van der Waals surface area contributed by atoms with Crippen LogP contribution in [0.3, 0.4) is 0 Å². The molecule has 1 atom stereocenters. The summed E-state index contributed by atoms with van der Waals surface area (Å²) >= 11 is 0. The maximum atomic E-state index is 9.57. The van der Waals surface area contributed by atoms with Crippen LogP contribution in [0.4, 0.5) is 0 Å². The smallest absolute Gasteiger partial charge is 0.231 e. The molecule has 1 aromatic rings. The average molecular weight is 296 g/mol. The summed E-state index contributed by atoms with van der Waals surface area (Å²) in [4.78, 5) is 2.03.